The molecule has 1 unspecified atom stereocenters. The van der Waals surface area contributed by atoms with Gasteiger partial charge >= 0.3 is 0 Å². The summed E-state index contributed by atoms with van der Waals surface area (Å²) in [6.07, 6.45) is 5.97. The van der Waals surface area contributed by atoms with Crippen LogP contribution in [0.4, 0.5) is 0 Å². The molecule has 9 heteroatoms. The summed E-state index contributed by atoms with van der Waals surface area (Å²) in [5.41, 5.74) is 0.858. The van der Waals surface area contributed by atoms with Gasteiger partial charge in [-0.1, -0.05) is 35.3 Å². The zero-order valence-electron chi connectivity index (χ0n) is 18.8. The second-order valence-electron chi connectivity index (χ2n) is 8.47. The maximum Gasteiger partial charge on any atom is 0.228 e. The molecule has 0 saturated carbocycles. The number of nitrogens with one attached hydrogen (secondary N) is 1. The van der Waals surface area contributed by atoms with E-state index in [9.17, 15) is 0 Å². The predicted molar refractivity (Wildman–Crippen MR) is 140 cm³/mol. The van der Waals surface area contributed by atoms with E-state index in [4.69, 9.17) is 21.1 Å². The Morgan fingerprint density at radius 1 is 1.25 bits per heavy atom. The summed E-state index contributed by atoms with van der Waals surface area (Å²) >= 11 is 6.06. The van der Waals surface area contributed by atoms with E-state index in [1.165, 1.54) is 45.3 Å². The minimum Gasteiger partial charge on any atom is -0.357 e. The van der Waals surface area contributed by atoms with Crippen LogP contribution < -0.4 is 5.32 Å². The zero-order chi connectivity index (χ0) is 21.5. The fourth-order valence-electron chi connectivity index (χ4n) is 4.47. The second-order valence-corrected chi connectivity index (χ2v) is 8.91. The van der Waals surface area contributed by atoms with E-state index < -0.39 is 0 Å². The molecule has 2 aliphatic heterocycles. The van der Waals surface area contributed by atoms with Crippen LogP contribution in [0.25, 0.3) is 11.4 Å². The Hall–Kier alpha value is -1.39. The van der Waals surface area contributed by atoms with Crippen LogP contribution in [-0.2, 0) is 6.42 Å². The highest BCUT2D eigenvalue weighted by atomic mass is 127. The molecule has 2 aliphatic rings. The summed E-state index contributed by atoms with van der Waals surface area (Å²) in [6.45, 7) is 9.53. The number of likely N-dealkylation sites (tertiary alicyclic amines) is 2. The molecule has 0 bridgehead atoms. The van der Waals surface area contributed by atoms with Crippen LogP contribution in [0.2, 0.25) is 5.02 Å². The average Bonchev–Trinajstić information content (AvgIpc) is 3.44. The molecule has 0 radical (unpaired) electrons. The van der Waals surface area contributed by atoms with Gasteiger partial charge in [0.15, 0.2) is 5.96 Å². The van der Waals surface area contributed by atoms with Gasteiger partial charge in [-0.25, -0.2) is 0 Å². The summed E-state index contributed by atoms with van der Waals surface area (Å²) in [5, 5.41) is 8.19. The van der Waals surface area contributed by atoms with Crippen LogP contribution >= 0.6 is 35.6 Å². The molecule has 2 fully saturated rings. The number of nitrogens with zero attached hydrogens (tertiary/aromatic N) is 5. The molecule has 4 rings (SSSR count). The first-order valence-electron chi connectivity index (χ1n) is 11.6. The van der Waals surface area contributed by atoms with Crippen molar-refractivity contribution in [3.05, 3.63) is 35.2 Å². The molecule has 1 N–H and O–H groups in total. The summed E-state index contributed by atoms with van der Waals surface area (Å²) in [4.78, 5) is 14.4. The maximum absolute atomic E-state index is 6.06. The molecule has 1 aromatic carbocycles. The van der Waals surface area contributed by atoms with E-state index >= 15 is 0 Å². The lowest BCUT2D eigenvalue weighted by Crippen LogP contribution is -2.41. The van der Waals surface area contributed by atoms with Gasteiger partial charge < -0.3 is 19.6 Å². The monoisotopic (exact) mass is 572 g/mol. The molecule has 3 heterocycles. The highest BCUT2D eigenvalue weighted by molar-refractivity contribution is 14.0. The average molecular weight is 573 g/mol. The maximum atomic E-state index is 6.06. The number of guanidine groups is 1. The molecule has 176 valence electrons. The summed E-state index contributed by atoms with van der Waals surface area (Å²) in [5.74, 6) is 2.89. The first-order chi connectivity index (χ1) is 15.2. The Kier molecular flexibility index (Phi) is 10.1. The first kappa shape index (κ1) is 25.2. The molecule has 0 amide bonds. The fourth-order valence-corrected chi connectivity index (χ4v) is 4.66. The Labute approximate surface area is 213 Å². The first-order valence-corrected chi connectivity index (χ1v) is 11.9. The number of aliphatic imine (C=N–C) groups is 1. The van der Waals surface area contributed by atoms with E-state index in [1.54, 1.807) is 0 Å². The number of rotatable bonds is 7. The van der Waals surface area contributed by atoms with Crippen LogP contribution in [0.3, 0.4) is 0 Å². The molecular weight excluding hydrogens is 539 g/mol. The van der Waals surface area contributed by atoms with Crippen LogP contribution in [0.15, 0.2) is 33.8 Å². The van der Waals surface area contributed by atoms with Crippen LogP contribution in [0, 0.1) is 5.92 Å². The predicted octanol–water partition coefficient (Wildman–Crippen LogP) is 4.32. The van der Waals surface area contributed by atoms with Crippen LogP contribution in [0.5, 0.6) is 0 Å². The standard InChI is InChI=1S/C23H33ClN6O.HI/c1-2-25-23(30-14-10-18(17-30)16-29-12-4-3-5-13-29)26-11-9-21-27-22(28-31-21)19-7-6-8-20(24)15-19;/h6-8,15,18H,2-5,9-14,16-17H2,1H3,(H,25,26);1H. The van der Waals surface area contributed by atoms with E-state index in [0.29, 0.717) is 29.7 Å². The Morgan fingerprint density at radius 2 is 2.09 bits per heavy atom. The number of aromatic nitrogens is 2. The van der Waals surface area contributed by atoms with Gasteiger partial charge in [0.05, 0.1) is 6.54 Å². The lowest BCUT2D eigenvalue weighted by molar-refractivity contribution is 0.198. The van der Waals surface area contributed by atoms with Gasteiger partial charge in [-0.05, 0) is 57.3 Å². The molecule has 0 aliphatic carbocycles. The molecular formula is C23H34ClIN6O. The van der Waals surface area contributed by atoms with Crippen molar-refractivity contribution in [2.75, 3.05) is 45.8 Å². The zero-order valence-corrected chi connectivity index (χ0v) is 21.9. The highest BCUT2D eigenvalue weighted by Gasteiger charge is 2.27. The Morgan fingerprint density at radius 3 is 2.88 bits per heavy atom. The minimum atomic E-state index is 0. The highest BCUT2D eigenvalue weighted by Crippen LogP contribution is 2.21. The smallest absolute Gasteiger partial charge is 0.228 e. The van der Waals surface area contributed by atoms with Crippen LogP contribution in [-0.4, -0.2) is 71.7 Å². The van der Waals surface area contributed by atoms with Crippen molar-refractivity contribution >= 4 is 41.5 Å². The summed E-state index contributed by atoms with van der Waals surface area (Å²) < 4.78 is 5.41. The van der Waals surface area contributed by atoms with Gasteiger partial charge in [0.1, 0.15) is 0 Å². The van der Waals surface area contributed by atoms with E-state index in [0.717, 1.165) is 37.1 Å². The van der Waals surface area contributed by atoms with E-state index in [1.807, 2.05) is 24.3 Å². The van der Waals surface area contributed by atoms with Crippen molar-refractivity contribution in [2.24, 2.45) is 10.9 Å². The molecule has 1 aromatic heterocycles. The van der Waals surface area contributed by atoms with Gasteiger partial charge in [0, 0.05) is 43.2 Å². The molecule has 2 aromatic rings. The van der Waals surface area contributed by atoms with Gasteiger partial charge in [-0.3, -0.25) is 4.99 Å². The van der Waals surface area contributed by atoms with Crippen LogP contribution in [0.1, 0.15) is 38.5 Å². The molecule has 2 saturated heterocycles. The normalized spacial score (nSPS) is 19.8. The number of benzene rings is 1. The van der Waals surface area contributed by atoms with Crippen molar-refractivity contribution in [3.8, 4) is 11.4 Å². The van der Waals surface area contributed by atoms with Crippen molar-refractivity contribution in [3.63, 3.8) is 0 Å². The quantitative estimate of drug-likeness (QED) is 0.303. The number of piperidine rings is 1. The molecule has 0 spiro atoms. The number of hydrogen-bond donors (Lipinski definition) is 1. The molecule has 1 atom stereocenters. The minimum absolute atomic E-state index is 0. The third-order valence-electron chi connectivity index (χ3n) is 6.02. The Balaban J connectivity index is 0.00000289. The van der Waals surface area contributed by atoms with Gasteiger partial charge in [-0.2, -0.15) is 4.98 Å². The fraction of sp³-hybridized carbons (Fsp3) is 0.609. The van der Waals surface area contributed by atoms with Crippen molar-refractivity contribution in [1.82, 2.24) is 25.3 Å². The molecule has 32 heavy (non-hydrogen) atoms. The lowest BCUT2D eigenvalue weighted by Gasteiger charge is -2.29. The molecule has 7 nitrogen and oxygen atoms in total. The van der Waals surface area contributed by atoms with Gasteiger partial charge in [-0.15, -0.1) is 24.0 Å². The van der Waals surface area contributed by atoms with Crippen molar-refractivity contribution < 1.29 is 4.52 Å². The van der Waals surface area contributed by atoms with E-state index in [-0.39, 0.29) is 24.0 Å². The van der Waals surface area contributed by atoms with Crippen molar-refractivity contribution in [1.29, 1.82) is 0 Å². The Bertz CT molecular complexity index is 870. The SMILES string of the molecule is CCNC(=NCCc1nc(-c2cccc(Cl)c2)no1)N1CCC(CN2CCCCC2)C1.I. The third-order valence-corrected chi connectivity index (χ3v) is 6.26. The lowest BCUT2D eigenvalue weighted by atomic mass is 10.1. The number of halogens is 2. The summed E-state index contributed by atoms with van der Waals surface area (Å²) in [7, 11) is 0. The number of hydrogen-bond acceptors (Lipinski definition) is 5. The van der Waals surface area contributed by atoms with Gasteiger partial charge in [0.2, 0.25) is 11.7 Å². The van der Waals surface area contributed by atoms with Gasteiger partial charge in [0.25, 0.3) is 0 Å². The second kappa shape index (κ2) is 12.7. The summed E-state index contributed by atoms with van der Waals surface area (Å²) in [6, 6.07) is 7.48. The largest absolute Gasteiger partial charge is 0.357 e. The van der Waals surface area contributed by atoms with Crippen molar-refractivity contribution in [2.45, 2.75) is 39.0 Å². The third kappa shape index (κ3) is 7.05. The van der Waals surface area contributed by atoms with E-state index in [2.05, 4.69) is 32.2 Å². The topological polar surface area (TPSA) is 69.8 Å².